The van der Waals surface area contributed by atoms with Crippen molar-refractivity contribution in [2.45, 2.75) is 19.9 Å². The van der Waals surface area contributed by atoms with Gasteiger partial charge in [0.15, 0.2) is 0 Å². The van der Waals surface area contributed by atoms with Gasteiger partial charge in [0.25, 0.3) is 0 Å². The molecule has 1 atom stereocenters. The van der Waals surface area contributed by atoms with Gasteiger partial charge in [0.05, 0.1) is 12.2 Å². The van der Waals surface area contributed by atoms with Gasteiger partial charge in [0, 0.05) is 38.4 Å². The SMILES string of the molecule is CC.CN1CCN(C)C(c2cnn(C)c2)C1. The Morgan fingerprint density at radius 3 is 2.44 bits per heavy atom. The van der Waals surface area contributed by atoms with E-state index < -0.39 is 0 Å². The largest absolute Gasteiger partial charge is 0.303 e. The standard InChI is InChI=1S/C10H18N4.C2H6/c1-12-4-5-13(2)10(8-12)9-6-11-14(3)7-9;1-2/h6-7,10H,4-5,8H2,1-3H3;1-2H3. The third kappa shape index (κ3) is 3.06. The molecule has 1 aliphatic rings. The predicted molar refractivity (Wildman–Crippen MR) is 67.4 cm³/mol. The Bertz CT molecular complexity index is 308. The van der Waals surface area contributed by atoms with Crippen LogP contribution in [0.4, 0.5) is 0 Å². The topological polar surface area (TPSA) is 24.3 Å². The van der Waals surface area contributed by atoms with Gasteiger partial charge in [-0.15, -0.1) is 0 Å². The summed E-state index contributed by atoms with van der Waals surface area (Å²) in [5, 5.41) is 4.22. The number of rotatable bonds is 1. The molecule has 1 aromatic heterocycles. The van der Waals surface area contributed by atoms with Crippen LogP contribution < -0.4 is 0 Å². The van der Waals surface area contributed by atoms with Crippen molar-refractivity contribution >= 4 is 0 Å². The highest BCUT2D eigenvalue weighted by Gasteiger charge is 2.24. The van der Waals surface area contributed by atoms with Gasteiger partial charge >= 0.3 is 0 Å². The van der Waals surface area contributed by atoms with E-state index in [-0.39, 0.29) is 0 Å². The highest BCUT2D eigenvalue weighted by atomic mass is 15.3. The highest BCUT2D eigenvalue weighted by molar-refractivity contribution is 5.12. The fraction of sp³-hybridized carbons (Fsp3) is 0.750. The first-order valence-electron chi connectivity index (χ1n) is 6.04. The van der Waals surface area contributed by atoms with E-state index in [4.69, 9.17) is 0 Å². The smallest absolute Gasteiger partial charge is 0.0538 e. The molecule has 1 fully saturated rings. The second-order valence-corrected chi connectivity index (χ2v) is 4.21. The summed E-state index contributed by atoms with van der Waals surface area (Å²) in [7, 11) is 6.33. The van der Waals surface area contributed by atoms with Crippen LogP contribution in [0.15, 0.2) is 12.4 Å². The molecule has 4 nitrogen and oxygen atoms in total. The summed E-state index contributed by atoms with van der Waals surface area (Å²) in [6.45, 7) is 7.39. The summed E-state index contributed by atoms with van der Waals surface area (Å²) in [5.41, 5.74) is 1.32. The zero-order valence-electron chi connectivity index (χ0n) is 11.1. The van der Waals surface area contributed by atoms with Crippen LogP contribution in [0, 0.1) is 0 Å². The summed E-state index contributed by atoms with van der Waals surface area (Å²) in [4.78, 5) is 4.77. The van der Waals surface area contributed by atoms with E-state index in [1.54, 1.807) is 0 Å². The number of nitrogens with zero attached hydrogens (tertiary/aromatic N) is 4. The first kappa shape index (κ1) is 13.2. The molecule has 1 unspecified atom stereocenters. The summed E-state index contributed by atoms with van der Waals surface area (Å²) >= 11 is 0. The maximum atomic E-state index is 4.22. The lowest BCUT2D eigenvalue weighted by molar-refractivity contribution is 0.115. The number of aromatic nitrogens is 2. The van der Waals surface area contributed by atoms with Gasteiger partial charge in [0.1, 0.15) is 0 Å². The molecule has 0 aliphatic carbocycles. The van der Waals surface area contributed by atoms with Crippen molar-refractivity contribution < 1.29 is 0 Å². The first-order chi connectivity index (χ1) is 7.66. The zero-order chi connectivity index (χ0) is 12.1. The Morgan fingerprint density at radius 2 is 1.88 bits per heavy atom. The van der Waals surface area contributed by atoms with Crippen LogP contribution in [-0.2, 0) is 7.05 Å². The highest BCUT2D eigenvalue weighted by Crippen LogP contribution is 2.22. The molecule has 0 bridgehead atoms. The van der Waals surface area contributed by atoms with E-state index in [2.05, 4.69) is 35.2 Å². The Labute approximate surface area is 98.8 Å². The number of hydrogen-bond acceptors (Lipinski definition) is 3. The molecule has 1 saturated heterocycles. The Hall–Kier alpha value is -0.870. The molecule has 92 valence electrons. The van der Waals surface area contributed by atoms with Crippen LogP contribution in [0.3, 0.4) is 0 Å². The molecule has 0 saturated carbocycles. The van der Waals surface area contributed by atoms with Crippen LogP contribution in [0.25, 0.3) is 0 Å². The minimum atomic E-state index is 0.502. The minimum Gasteiger partial charge on any atom is -0.303 e. The molecular formula is C12H24N4. The van der Waals surface area contributed by atoms with Crippen molar-refractivity contribution in [2.75, 3.05) is 33.7 Å². The maximum Gasteiger partial charge on any atom is 0.0538 e. The van der Waals surface area contributed by atoms with Crippen molar-refractivity contribution in [3.63, 3.8) is 0 Å². The second-order valence-electron chi connectivity index (χ2n) is 4.21. The molecule has 1 aliphatic heterocycles. The summed E-state index contributed by atoms with van der Waals surface area (Å²) in [6.07, 6.45) is 4.08. The van der Waals surface area contributed by atoms with Crippen molar-refractivity contribution in [2.24, 2.45) is 7.05 Å². The van der Waals surface area contributed by atoms with Crippen molar-refractivity contribution in [1.29, 1.82) is 0 Å². The van der Waals surface area contributed by atoms with E-state index >= 15 is 0 Å². The van der Waals surface area contributed by atoms with E-state index in [1.165, 1.54) is 5.56 Å². The third-order valence-electron chi connectivity index (χ3n) is 2.96. The average Bonchev–Trinajstić information content (AvgIpc) is 2.71. The zero-order valence-corrected chi connectivity index (χ0v) is 11.1. The Morgan fingerprint density at radius 1 is 1.19 bits per heavy atom. The van der Waals surface area contributed by atoms with Crippen molar-refractivity contribution in [3.8, 4) is 0 Å². The van der Waals surface area contributed by atoms with Crippen LogP contribution in [0.2, 0.25) is 0 Å². The molecule has 0 radical (unpaired) electrons. The van der Waals surface area contributed by atoms with Gasteiger partial charge in [-0.1, -0.05) is 13.8 Å². The van der Waals surface area contributed by atoms with Gasteiger partial charge < -0.3 is 4.90 Å². The molecule has 0 amide bonds. The minimum absolute atomic E-state index is 0.502. The molecule has 4 heteroatoms. The lowest BCUT2D eigenvalue weighted by atomic mass is 10.1. The van der Waals surface area contributed by atoms with Crippen LogP contribution in [-0.4, -0.2) is 53.3 Å². The molecule has 2 rings (SSSR count). The quantitative estimate of drug-likeness (QED) is 0.720. The van der Waals surface area contributed by atoms with Crippen LogP contribution in [0.5, 0.6) is 0 Å². The van der Waals surface area contributed by atoms with E-state index in [0.29, 0.717) is 6.04 Å². The molecular weight excluding hydrogens is 200 g/mol. The van der Waals surface area contributed by atoms with Crippen molar-refractivity contribution in [1.82, 2.24) is 19.6 Å². The molecule has 0 aromatic carbocycles. The Balaban J connectivity index is 0.000000606. The first-order valence-corrected chi connectivity index (χ1v) is 6.04. The monoisotopic (exact) mass is 224 g/mol. The summed E-state index contributed by atoms with van der Waals surface area (Å²) in [6, 6.07) is 0.502. The Kier molecular flexibility index (Phi) is 4.96. The summed E-state index contributed by atoms with van der Waals surface area (Å²) in [5.74, 6) is 0. The van der Waals surface area contributed by atoms with Gasteiger partial charge in [-0.25, -0.2) is 0 Å². The number of piperazine rings is 1. The lowest BCUT2D eigenvalue weighted by Gasteiger charge is -2.37. The fourth-order valence-corrected chi connectivity index (χ4v) is 1.98. The maximum absolute atomic E-state index is 4.22. The van der Waals surface area contributed by atoms with E-state index in [0.717, 1.165) is 19.6 Å². The summed E-state index contributed by atoms with van der Waals surface area (Å²) < 4.78 is 1.87. The van der Waals surface area contributed by atoms with Crippen molar-refractivity contribution in [3.05, 3.63) is 18.0 Å². The molecule has 1 aromatic rings. The van der Waals surface area contributed by atoms with Crippen LogP contribution >= 0.6 is 0 Å². The molecule has 0 N–H and O–H groups in total. The molecule has 16 heavy (non-hydrogen) atoms. The van der Waals surface area contributed by atoms with E-state index in [9.17, 15) is 0 Å². The average molecular weight is 224 g/mol. The number of likely N-dealkylation sites (N-methyl/N-ethyl adjacent to an activating group) is 2. The van der Waals surface area contributed by atoms with Gasteiger partial charge in [-0.2, -0.15) is 5.10 Å². The van der Waals surface area contributed by atoms with Gasteiger partial charge in [0.2, 0.25) is 0 Å². The second kappa shape index (κ2) is 6.01. The molecule has 2 heterocycles. The fourth-order valence-electron chi connectivity index (χ4n) is 1.98. The number of hydrogen-bond donors (Lipinski definition) is 0. The van der Waals surface area contributed by atoms with E-state index in [1.807, 2.05) is 31.8 Å². The molecule has 0 spiro atoms. The third-order valence-corrected chi connectivity index (χ3v) is 2.96. The number of aryl methyl sites for hydroxylation is 1. The van der Waals surface area contributed by atoms with Gasteiger partial charge in [-0.3, -0.25) is 9.58 Å². The van der Waals surface area contributed by atoms with Gasteiger partial charge in [-0.05, 0) is 14.1 Å². The predicted octanol–water partition coefficient (Wildman–Crippen LogP) is 1.36. The van der Waals surface area contributed by atoms with Crippen LogP contribution in [0.1, 0.15) is 25.5 Å². The normalized spacial score (nSPS) is 22.7. The lowest BCUT2D eigenvalue weighted by Crippen LogP contribution is -2.44.